The Balaban J connectivity index is 1.29. The van der Waals surface area contributed by atoms with Crippen LogP contribution in [0.15, 0.2) is 85.2 Å². The Kier molecular flexibility index (Phi) is 5.68. The summed E-state index contributed by atoms with van der Waals surface area (Å²) in [4.78, 5) is 18.2. The molecule has 11 heteroatoms. The number of nitrogens with one attached hydrogen (secondary N) is 3. The Morgan fingerprint density at radius 1 is 0.833 bits per heavy atom. The second kappa shape index (κ2) is 9.58. The summed E-state index contributed by atoms with van der Waals surface area (Å²) in [5.41, 5.74) is 4.76. The van der Waals surface area contributed by atoms with Crippen LogP contribution in [0.1, 0.15) is 17.0 Å². The van der Waals surface area contributed by atoms with Crippen molar-refractivity contribution in [2.45, 2.75) is 13.0 Å². The van der Waals surface area contributed by atoms with E-state index in [2.05, 4.69) is 53.4 Å². The van der Waals surface area contributed by atoms with E-state index in [0.29, 0.717) is 36.6 Å². The van der Waals surface area contributed by atoms with Gasteiger partial charge in [-0.1, -0.05) is 59.8 Å². The second-order valence-corrected chi connectivity index (χ2v) is 8.04. The smallest absolute Gasteiger partial charge is 0.241 e. The molecule has 0 unspecified atom stereocenters. The van der Waals surface area contributed by atoms with Gasteiger partial charge in [-0.15, -0.1) is 10.2 Å². The summed E-state index contributed by atoms with van der Waals surface area (Å²) in [6.45, 7) is 0.619. The van der Waals surface area contributed by atoms with Crippen molar-refractivity contribution in [1.29, 1.82) is 0 Å². The topological polar surface area (TPSA) is 135 Å². The van der Waals surface area contributed by atoms with Gasteiger partial charge in [0, 0.05) is 18.7 Å². The highest BCUT2D eigenvalue weighted by Crippen LogP contribution is 2.24. The summed E-state index contributed by atoms with van der Waals surface area (Å²) >= 11 is 0. The molecular formula is C25H21N11. The van der Waals surface area contributed by atoms with Gasteiger partial charge >= 0.3 is 0 Å². The number of anilines is 3. The molecule has 0 bridgehead atoms. The first-order chi connectivity index (χ1) is 17.8. The molecule has 6 aromatic rings. The van der Waals surface area contributed by atoms with Crippen molar-refractivity contribution in [3.05, 3.63) is 102 Å². The van der Waals surface area contributed by atoms with Crippen molar-refractivity contribution in [1.82, 2.24) is 45.1 Å². The minimum absolute atomic E-state index is 0.420. The van der Waals surface area contributed by atoms with Crippen LogP contribution in [0.3, 0.4) is 0 Å². The summed E-state index contributed by atoms with van der Waals surface area (Å²) in [5, 5.41) is 20.8. The Hall–Kier alpha value is -5.19. The van der Waals surface area contributed by atoms with Crippen LogP contribution in [0.2, 0.25) is 0 Å². The number of aromatic amines is 1. The van der Waals surface area contributed by atoms with E-state index in [9.17, 15) is 0 Å². The molecule has 0 aliphatic heterocycles. The van der Waals surface area contributed by atoms with Gasteiger partial charge in [0.05, 0.1) is 11.0 Å². The van der Waals surface area contributed by atoms with Gasteiger partial charge in [-0.05, 0) is 35.4 Å². The standard InChI is InChI=1S/C25H21N11/c1-2-7-17(8-3-1)15-26-24-30-20-11-4-5-12-21(20)36(24)25-28-16-27-23(31-25)29-19-10-6-9-18(13-19)14-22-32-34-35-33-22/h1-13,16H,14-15H2,(H,26,30)(H,27,28,29,31)(H,32,33,34,35). The average molecular weight is 476 g/mol. The molecule has 0 aliphatic carbocycles. The second-order valence-electron chi connectivity index (χ2n) is 8.04. The zero-order valence-corrected chi connectivity index (χ0v) is 19.1. The third-order valence-corrected chi connectivity index (χ3v) is 5.55. The molecule has 11 nitrogen and oxygen atoms in total. The predicted octanol–water partition coefficient (Wildman–Crippen LogP) is 3.67. The molecule has 6 rings (SSSR count). The number of imidazole rings is 1. The monoisotopic (exact) mass is 475 g/mol. The fourth-order valence-electron chi connectivity index (χ4n) is 3.91. The first-order valence-corrected chi connectivity index (χ1v) is 11.3. The summed E-state index contributed by atoms with van der Waals surface area (Å²) in [5.74, 6) is 2.15. The Morgan fingerprint density at radius 3 is 2.58 bits per heavy atom. The molecule has 176 valence electrons. The van der Waals surface area contributed by atoms with E-state index in [0.717, 1.165) is 27.8 Å². The van der Waals surface area contributed by atoms with Crippen molar-refractivity contribution < 1.29 is 0 Å². The molecule has 0 radical (unpaired) electrons. The number of H-pyrrole nitrogens is 1. The molecule has 0 aliphatic rings. The fourth-order valence-corrected chi connectivity index (χ4v) is 3.91. The van der Waals surface area contributed by atoms with Gasteiger partial charge in [-0.25, -0.2) is 19.5 Å². The van der Waals surface area contributed by atoms with E-state index < -0.39 is 0 Å². The van der Waals surface area contributed by atoms with Crippen molar-refractivity contribution >= 4 is 28.6 Å². The van der Waals surface area contributed by atoms with E-state index in [1.807, 2.05) is 71.3 Å². The van der Waals surface area contributed by atoms with Crippen molar-refractivity contribution in [2.75, 3.05) is 10.6 Å². The quantitative estimate of drug-likeness (QED) is 0.301. The third kappa shape index (κ3) is 4.57. The Bertz CT molecular complexity index is 1590. The van der Waals surface area contributed by atoms with E-state index in [1.165, 1.54) is 6.33 Å². The number of benzene rings is 3. The third-order valence-electron chi connectivity index (χ3n) is 5.55. The van der Waals surface area contributed by atoms with Gasteiger partial charge in [-0.2, -0.15) is 10.2 Å². The maximum Gasteiger partial charge on any atom is 0.241 e. The lowest BCUT2D eigenvalue weighted by molar-refractivity contribution is 0.881. The lowest BCUT2D eigenvalue weighted by Gasteiger charge is -2.11. The van der Waals surface area contributed by atoms with Crippen LogP contribution >= 0.6 is 0 Å². The van der Waals surface area contributed by atoms with Crippen LogP contribution in [0.5, 0.6) is 0 Å². The number of tetrazole rings is 1. The zero-order chi connectivity index (χ0) is 24.2. The lowest BCUT2D eigenvalue weighted by Crippen LogP contribution is -2.10. The lowest BCUT2D eigenvalue weighted by atomic mass is 10.1. The average Bonchev–Trinajstić information content (AvgIpc) is 3.56. The molecule has 3 heterocycles. The molecule has 0 atom stereocenters. The summed E-state index contributed by atoms with van der Waals surface area (Å²) in [6.07, 6.45) is 2.05. The van der Waals surface area contributed by atoms with E-state index in [1.54, 1.807) is 0 Å². The van der Waals surface area contributed by atoms with Crippen LogP contribution in [0.25, 0.3) is 17.0 Å². The van der Waals surface area contributed by atoms with Crippen LogP contribution in [0, 0.1) is 0 Å². The summed E-state index contributed by atoms with van der Waals surface area (Å²) < 4.78 is 1.90. The number of hydrogen-bond acceptors (Lipinski definition) is 9. The SMILES string of the molecule is c1ccc(CNc2nc3ccccc3n2-c2ncnc(Nc3cccc(Cc4nn[nH]n4)c3)n2)cc1. The molecule has 0 saturated heterocycles. The molecule has 3 aromatic heterocycles. The van der Waals surface area contributed by atoms with Gasteiger partial charge < -0.3 is 10.6 Å². The molecule has 3 N–H and O–H groups in total. The van der Waals surface area contributed by atoms with Crippen LogP contribution in [0.4, 0.5) is 17.6 Å². The predicted molar refractivity (Wildman–Crippen MR) is 135 cm³/mol. The summed E-state index contributed by atoms with van der Waals surface area (Å²) in [7, 11) is 0. The fraction of sp³-hybridized carbons (Fsp3) is 0.0800. The number of para-hydroxylation sites is 2. The number of aromatic nitrogens is 9. The molecule has 0 spiro atoms. The van der Waals surface area contributed by atoms with Crippen molar-refractivity contribution in [3.63, 3.8) is 0 Å². The maximum atomic E-state index is 4.78. The summed E-state index contributed by atoms with van der Waals surface area (Å²) in [6, 6.07) is 26.0. The van der Waals surface area contributed by atoms with Crippen molar-refractivity contribution in [3.8, 4) is 5.95 Å². The van der Waals surface area contributed by atoms with Crippen LogP contribution in [-0.2, 0) is 13.0 Å². The molecule has 36 heavy (non-hydrogen) atoms. The first-order valence-electron chi connectivity index (χ1n) is 11.3. The van der Waals surface area contributed by atoms with E-state index in [-0.39, 0.29) is 0 Å². The molecule has 3 aromatic carbocycles. The van der Waals surface area contributed by atoms with Crippen molar-refractivity contribution in [2.24, 2.45) is 0 Å². The number of rotatable bonds is 8. The zero-order valence-electron chi connectivity index (χ0n) is 19.1. The van der Waals surface area contributed by atoms with Crippen LogP contribution in [-0.4, -0.2) is 45.1 Å². The molecule has 0 fully saturated rings. The largest absolute Gasteiger partial charge is 0.351 e. The van der Waals surface area contributed by atoms with E-state index in [4.69, 9.17) is 9.97 Å². The van der Waals surface area contributed by atoms with Gasteiger partial charge in [-0.3, -0.25) is 0 Å². The molecule has 0 saturated carbocycles. The number of hydrogen-bond donors (Lipinski definition) is 3. The van der Waals surface area contributed by atoms with Gasteiger partial charge in [0.25, 0.3) is 0 Å². The molecule has 0 amide bonds. The minimum atomic E-state index is 0.420. The number of fused-ring (bicyclic) bond motifs is 1. The highest BCUT2D eigenvalue weighted by molar-refractivity contribution is 5.80. The maximum absolute atomic E-state index is 4.78. The number of nitrogens with zero attached hydrogens (tertiary/aromatic N) is 8. The van der Waals surface area contributed by atoms with Gasteiger partial charge in [0.2, 0.25) is 17.8 Å². The van der Waals surface area contributed by atoms with Gasteiger partial charge in [0.15, 0.2) is 5.82 Å². The highest BCUT2D eigenvalue weighted by Gasteiger charge is 2.15. The highest BCUT2D eigenvalue weighted by atomic mass is 15.5. The van der Waals surface area contributed by atoms with Gasteiger partial charge in [0.1, 0.15) is 6.33 Å². The first kappa shape index (κ1) is 21.4. The Morgan fingerprint density at radius 2 is 1.69 bits per heavy atom. The van der Waals surface area contributed by atoms with Crippen LogP contribution < -0.4 is 10.6 Å². The Labute approximate surface area is 205 Å². The van der Waals surface area contributed by atoms with E-state index >= 15 is 0 Å². The normalized spacial score (nSPS) is 11.0. The molecular weight excluding hydrogens is 454 g/mol. The minimum Gasteiger partial charge on any atom is -0.351 e.